The van der Waals surface area contributed by atoms with Crippen molar-refractivity contribution in [2.24, 2.45) is 0 Å². The van der Waals surface area contributed by atoms with E-state index in [1.807, 2.05) is 6.07 Å². The van der Waals surface area contributed by atoms with Crippen LogP contribution in [0.1, 0.15) is 63.4 Å². The van der Waals surface area contributed by atoms with Crippen LogP contribution in [0.15, 0.2) is 30.3 Å². The lowest BCUT2D eigenvalue weighted by Gasteiger charge is -2.30. The SMILES string of the molecule is O=C(CNC(=O)NC1CCCCC1)NCC1(c2ccccc2)CCCC1. The maximum atomic E-state index is 12.2. The van der Waals surface area contributed by atoms with Crippen LogP contribution in [-0.2, 0) is 10.2 Å². The zero-order valence-electron chi connectivity index (χ0n) is 15.6. The van der Waals surface area contributed by atoms with E-state index in [1.165, 1.54) is 37.7 Å². The minimum Gasteiger partial charge on any atom is -0.354 e. The molecule has 5 nitrogen and oxygen atoms in total. The van der Waals surface area contributed by atoms with Gasteiger partial charge in [-0.25, -0.2) is 4.79 Å². The Kier molecular flexibility index (Phi) is 6.53. The minimum atomic E-state index is -0.231. The van der Waals surface area contributed by atoms with Gasteiger partial charge in [0, 0.05) is 18.0 Å². The molecule has 0 atom stereocenters. The first-order valence-corrected chi connectivity index (χ1v) is 10.0. The zero-order valence-corrected chi connectivity index (χ0v) is 15.6. The van der Waals surface area contributed by atoms with Crippen molar-refractivity contribution in [3.05, 3.63) is 35.9 Å². The van der Waals surface area contributed by atoms with E-state index in [4.69, 9.17) is 0 Å². The van der Waals surface area contributed by atoms with Crippen molar-refractivity contribution in [2.75, 3.05) is 13.1 Å². The summed E-state index contributed by atoms with van der Waals surface area (Å²) in [4.78, 5) is 24.2. The first-order valence-electron chi connectivity index (χ1n) is 10.0. The number of urea groups is 1. The average molecular weight is 357 g/mol. The highest BCUT2D eigenvalue weighted by molar-refractivity contribution is 5.84. The molecule has 0 aromatic heterocycles. The van der Waals surface area contributed by atoms with Crippen LogP contribution in [0.2, 0.25) is 0 Å². The number of carbonyl (C=O) groups excluding carboxylic acids is 2. The lowest BCUT2D eigenvalue weighted by Crippen LogP contribution is -2.47. The molecule has 0 heterocycles. The summed E-state index contributed by atoms with van der Waals surface area (Å²) in [7, 11) is 0. The molecule has 142 valence electrons. The van der Waals surface area contributed by atoms with Crippen molar-refractivity contribution >= 4 is 11.9 Å². The predicted octanol–water partition coefficient (Wildman–Crippen LogP) is 3.25. The van der Waals surface area contributed by atoms with Crippen LogP contribution in [0, 0.1) is 0 Å². The molecule has 0 bridgehead atoms. The number of carbonyl (C=O) groups is 2. The van der Waals surface area contributed by atoms with Gasteiger partial charge in [0.15, 0.2) is 0 Å². The Hall–Kier alpha value is -2.04. The molecule has 0 saturated heterocycles. The number of nitrogens with one attached hydrogen (secondary N) is 3. The summed E-state index contributed by atoms with van der Waals surface area (Å²) in [5.74, 6) is -0.119. The molecule has 0 radical (unpaired) electrons. The molecule has 1 aromatic carbocycles. The van der Waals surface area contributed by atoms with Gasteiger partial charge in [0.25, 0.3) is 0 Å². The van der Waals surface area contributed by atoms with Crippen molar-refractivity contribution in [1.29, 1.82) is 0 Å². The molecule has 3 rings (SSSR count). The topological polar surface area (TPSA) is 70.2 Å². The third-order valence-corrected chi connectivity index (χ3v) is 5.92. The fraction of sp³-hybridized carbons (Fsp3) is 0.619. The highest BCUT2D eigenvalue weighted by Gasteiger charge is 2.35. The van der Waals surface area contributed by atoms with Crippen molar-refractivity contribution in [3.63, 3.8) is 0 Å². The van der Waals surface area contributed by atoms with Crippen molar-refractivity contribution in [2.45, 2.75) is 69.2 Å². The summed E-state index contributed by atoms with van der Waals surface area (Å²) in [5.41, 5.74) is 1.35. The van der Waals surface area contributed by atoms with Gasteiger partial charge in [-0.1, -0.05) is 62.4 Å². The van der Waals surface area contributed by atoms with Gasteiger partial charge in [0.2, 0.25) is 5.91 Å². The van der Waals surface area contributed by atoms with Gasteiger partial charge in [0.05, 0.1) is 6.54 Å². The van der Waals surface area contributed by atoms with Gasteiger partial charge >= 0.3 is 6.03 Å². The predicted molar refractivity (Wildman–Crippen MR) is 103 cm³/mol. The fourth-order valence-corrected chi connectivity index (χ4v) is 4.39. The van der Waals surface area contributed by atoms with E-state index in [0.29, 0.717) is 6.54 Å². The van der Waals surface area contributed by atoms with E-state index >= 15 is 0 Å². The van der Waals surface area contributed by atoms with Gasteiger partial charge in [-0.2, -0.15) is 0 Å². The van der Waals surface area contributed by atoms with Gasteiger partial charge in [-0.3, -0.25) is 4.79 Å². The van der Waals surface area contributed by atoms with Crippen LogP contribution in [0.5, 0.6) is 0 Å². The van der Waals surface area contributed by atoms with Crippen LogP contribution in [0.25, 0.3) is 0 Å². The summed E-state index contributed by atoms with van der Waals surface area (Å²) < 4.78 is 0. The van der Waals surface area contributed by atoms with E-state index in [2.05, 4.69) is 40.2 Å². The fourth-order valence-electron chi connectivity index (χ4n) is 4.39. The van der Waals surface area contributed by atoms with Crippen LogP contribution < -0.4 is 16.0 Å². The number of hydrogen-bond donors (Lipinski definition) is 3. The monoisotopic (exact) mass is 357 g/mol. The normalized spacial score (nSPS) is 19.7. The van der Waals surface area contributed by atoms with Crippen LogP contribution >= 0.6 is 0 Å². The summed E-state index contributed by atoms with van der Waals surface area (Å²) >= 11 is 0. The number of rotatable bonds is 6. The van der Waals surface area contributed by atoms with Crippen molar-refractivity contribution in [1.82, 2.24) is 16.0 Å². The third-order valence-electron chi connectivity index (χ3n) is 5.92. The largest absolute Gasteiger partial charge is 0.354 e. The Morgan fingerprint density at radius 3 is 2.31 bits per heavy atom. The van der Waals surface area contributed by atoms with Gasteiger partial charge in [-0.15, -0.1) is 0 Å². The number of benzene rings is 1. The average Bonchev–Trinajstić information content (AvgIpc) is 3.16. The molecule has 5 heteroatoms. The maximum Gasteiger partial charge on any atom is 0.315 e. The maximum absolute atomic E-state index is 12.2. The van der Waals surface area contributed by atoms with E-state index in [9.17, 15) is 9.59 Å². The molecule has 1 aromatic rings. The molecular weight excluding hydrogens is 326 g/mol. The Labute approximate surface area is 156 Å². The smallest absolute Gasteiger partial charge is 0.315 e. The van der Waals surface area contributed by atoms with Crippen molar-refractivity contribution < 1.29 is 9.59 Å². The zero-order chi connectivity index (χ0) is 18.2. The van der Waals surface area contributed by atoms with E-state index < -0.39 is 0 Å². The molecule has 0 aliphatic heterocycles. The first-order chi connectivity index (χ1) is 12.7. The molecule has 2 saturated carbocycles. The van der Waals surface area contributed by atoms with E-state index in [0.717, 1.165) is 25.7 Å². The Bertz CT molecular complexity index is 591. The lowest BCUT2D eigenvalue weighted by atomic mass is 9.79. The molecule has 3 amide bonds. The molecule has 0 spiro atoms. The standard InChI is InChI=1S/C21H31N3O2/c25-19(15-22-20(26)24-18-11-5-2-6-12-18)23-16-21(13-7-8-14-21)17-9-3-1-4-10-17/h1,3-4,9-10,18H,2,5-8,11-16H2,(H,23,25)(H2,22,24,26). The Morgan fingerprint density at radius 2 is 1.62 bits per heavy atom. The second-order valence-electron chi connectivity index (χ2n) is 7.79. The van der Waals surface area contributed by atoms with Gasteiger partial charge in [-0.05, 0) is 31.2 Å². The summed E-state index contributed by atoms with van der Waals surface area (Å²) in [6, 6.07) is 10.5. The van der Waals surface area contributed by atoms with Crippen LogP contribution in [-0.4, -0.2) is 31.1 Å². The van der Waals surface area contributed by atoms with Crippen LogP contribution in [0.4, 0.5) is 4.79 Å². The summed E-state index contributed by atoms with van der Waals surface area (Å²) in [5, 5.41) is 8.71. The molecular formula is C21H31N3O2. The second kappa shape index (κ2) is 9.06. The van der Waals surface area contributed by atoms with Crippen molar-refractivity contribution in [3.8, 4) is 0 Å². The third kappa shape index (κ3) is 4.99. The van der Waals surface area contributed by atoms with Crippen LogP contribution in [0.3, 0.4) is 0 Å². The second-order valence-corrected chi connectivity index (χ2v) is 7.79. The Morgan fingerprint density at radius 1 is 0.923 bits per heavy atom. The molecule has 3 N–H and O–H groups in total. The summed E-state index contributed by atoms with van der Waals surface area (Å²) in [6.07, 6.45) is 10.3. The first kappa shape index (κ1) is 18.7. The molecule has 2 fully saturated rings. The molecule has 2 aliphatic carbocycles. The molecule has 0 unspecified atom stereocenters. The quantitative estimate of drug-likeness (QED) is 0.731. The number of hydrogen-bond acceptors (Lipinski definition) is 2. The van der Waals surface area contributed by atoms with E-state index in [-0.39, 0.29) is 29.9 Å². The number of amides is 3. The summed E-state index contributed by atoms with van der Waals surface area (Å²) in [6.45, 7) is 0.672. The minimum absolute atomic E-state index is 0.0312. The highest BCUT2D eigenvalue weighted by atomic mass is 16.2. The highest BCUT2D eigenvalue weighted by Crippen LogP contribution is 2.40. The van der Waals surface area contributed by atoms with E-state index in [1.54, 1.807) is 0 Å². The van der Waals surface area contributed by atoms with Gasteiger partial charge < -0.3 is 16.0 Å². The molecule has 26 heavy (non-hydrogen) atoms. The van der Waals surface area contributed by atoms with Gasteiger partial charge in [0.1, 0.15) is 0 Å². The molecule has 2 aliphatic rings. The Balaban J connectivity index is 1.43. The lowest BCUT2D eigenvalue weighted by molar-refractivity contribution is -0.120.